The maximum atomic E-state index is 14.1. The lowest BCUT2D eigenvalue weighted by atomic mass is 9.96. The van der Waals surface area contributed by atoms with Gasteiger partial charge in [0.15, 0.2) is 0 Å². The highest BCUT2D eigenvalue weighted by Gasteiger charge is 2.38. The first-order valence-corrected chi connectivity index (χ1v) is 7.92. The highest BCUT2D eigenvalue weighted by atomic mass is 35.5. The summed E-state index contributed by atoms with van der Waals surface area (Å²) in [6.45, 7) is 4.64. The number of carbonyl (C=O) groups is 1. The average Bonchev–Trinajstić information content (AvgIpc) is 2.89. The molecule has 1 aromatic rings. The first-order valence-electron chi connectivity index (χ1n) is 7.92. The number of rotatable bonds is 2. The van der Waals surface area contributed by atoms with Crippen molar-refractivity contribution in [3.63, 3.8) is 0 Å². The normalized spacial score (nSPS) is 28.3. The number of carbonyl (C=O) groups excluding carboxylic acids is 1. The van der Waals surface area contributed by atoms with Crippen molar-refractivity contribution < 1.29 is 9.18 Å². The number of likely N-dealkylation sites (tertiary alicyclic amines) is 1. The van der Waals surface area contributed by atoms with E-state index in [0.29, 0.717) is 11.5 Å². The van der Waals surface area contributed by atoms with E-state index in [-0.39, 0.29) is 36.1 Å². The molecule has 0 bridgehead atoms. The van der Waals surface area contributed by atoms with Gasteiger partial charge in [-0.15, -0.1) is 12.4 Å². The number of nitrogens with zero attached hydrogens (tertiary/aromatic N) is 1. The fourth-order valence-electron chi connectivity index (χ4n) is 3.63. The molecular weight excluding hydrogens is 303 g/mol. The number of piperidine rings is 1. The summed E-state index contributed by atoms with van der Waals surface area (Å²) in [4.78, 5) is 14.7. The van der Waals surface area contributed by atoms with Crippen molar-refractivity contribution in [3.05, 3.63) is 35.6 Å². The molecular formula is C17H24ClFN2O. The van der Waals surface area contributed by atoms with E-state index in [1.807, 2.05) is 17.0 Å². The maximum absolute atomic E-state index is 14.1. The smallest absolute Gasteiger partial charge is 0.227 e. The molecule has 3 nitrogen and oxygen atoms in total. The molecule has 2 fully saturated rings. The van der Waals surface area contributed by atoms with Crippen LogP contribution in [0.25, 0.3) is 0 Å². The summed E-state index contributed by atoms with van der Waals surface area (Å²) >= 11 is 0. The van der Waals surface area contributed by atoms with Crippen molar-refractivity contribution in [3.8, 4) is 0 Å². The predicted molar refractivity (Wildman–Crippen MR) is 87.5 cm³/mol. The first kappa shape index (κ1) is 17.2. The Balaban J connectivity index is 0.00000176. The van der Waals surface area contributed by atoms with Crippen LogP contribution in [0.5, 0.6) is 0 Å². The van der Waals surface area contributed by atoms with Crippen LogP contribution in [0.3, 0.4) is 0 Å². The Bertz CT molecular complexity index is 519. The van der Waals surface area contributed by atoms with Crippen LogP contribution < -0.4 is 5.32 Å². The highest BCUT2D eigenvalue weighted by molar-refractivity contribution is 5.85. The molecule has 1 amide bonds. The number of nitrogens with one attached hydrogen (secondary N) is 1. The minimum absolute atomic E-state index is 0. The molecule has 2 aliphatic rings. The molecule has 3 unspecified atom stereocenters. The molecule has 122 valence electrons. The van der Waals surface area contributed by atoms with Crippen LogP contribution in [0, 0.1) is 17.7 Å². The Morgan fingerprint density at radius 2 is 2.14 bits per heavy atom. The summed E-state index contributed by atoms with van der Waals surface area (Å²) in [6.07, 6.45) is 2.84. The molecule has 5 heteroatoms. The molecule has 0 radical (unpaired) electrons. The lowest BCUT2D eigenvalue weighted by molar-refractivity contribution is -0.137. The summed E-state index contributed by atoms with van der Waals surface area (Å²) in [5.41, 5.74) is 0.666. The van der Waals surface area contributed by atoms with E-state index < -0.39 is 0 Å². The van der Waals surface area contributed by atoms with Gasteiger partial charge < -0.3 is 10.2 Å². The van der Waals surface area contributed by atoms with Gasteiger partial charge >= 0.3 is 0 Å². The van der Waals surface area contributed by atoms with Crippen molar-refractivity contribution in [2.24, 2.45) is 11.8 Å². The third kappa shape index (κ3) is 3.44. The van der Waals surface area contributed by atoms with Gasteiger partial charge in [0, 0.05) is 18.7 Å². The van der Waals surface area contributed by atoms with Crippen LogP contribution in [-0.2, 0) is 4.79 Å². The van der Waals surface area contributed by atoms with E-state index >= 15 is 0 Å². The van der Waals surface area contributed by atoms with Crippen molar-refractivity contribution in [1.29, 1.82) is 0 Å². The third-order valence-corrected chi connectivity index (χ3v) is 4.70. The van der Waals surface area contributed by atoms with Gasteiger partial charge in [0.2, 0.25) is 5.91 Å². The van der Waals surface area contributed by atoms with E-state index in [1.54, 1.807) is 6.07 Å². The molecule has 2 aliphatic heterocycles. The Labute approximate surface area is 137 Å². The highest BCUT2D eigenvalue weighted by Crippen LogP contribution is 2.37. The zero-order valence-electron chi connectivity index (χ0n) is 12.9. The number of hydrogen-bond acceptors (Lipinski definition) is 2. The molecule has 0 spiro atoms. The van der Waals surface area contributed by atoms with Gasteiger partial charge in [0.25, 0.3) is 0 Å². The van der Waals surface area contributed by atoms with E-state index in [1.165, 1.54) is 6.07 Å². The average molecular weight is 327 g/mol. The van der Waals surface area contributed by atoms with E-state index in [4.69, 9.17) is 0 Å². The molecule has 3 rings (SSSR count). The van der Waals surface area contributed by atoms with Crippen LogP contribution >= 0.6 is 12.4 Å². The lowest BCUT2D eigenvalue weighted by Gasteiger charge is -2.31. The van der Waals surface area contributed by atoms with Crippen molar-refractivity contribution in [1.82, 2.24) is 10.2 Å². The Hall–Kier alpha value is -1.13. The molecule has 22 heavy (non-hydrogen) atoms. The van der Waals surface area contributed by atoms with Gasteiger partial charge in [0.05, 0.1) is 12.0 Å². The minimum Gasteiger partial charge on any atom is -0.335 e. The van der Waals surface area contributed by atoms with Crippen molar-refractivity contribution in [2.75, 3.05) is 19.6 Å². The SMILES string of the molecule is CC1CC(c2ccccc2F)N(C(=O)C2CCCNC2)C1.Cl. The summed E-state index contributed by atoms with van der Waals surface area (Å²) in [6, 6.07) is 6.76. The van der Waals surface area contributed by atoms with Crippen LogP contribution in [0.4, 0.5) is 4.39 Å². The number of benzene rings is 1. The molecule has 0 aliphatic carbocycles. The zero-order chi connectivity index (χ0) is 14.8. The Kier molecular flexibility index (Phi) is 5.81. The van der Waals surface area contributed by atoms with Crippen LogP contribution in [-0.4, -0.2) is 30.4 Å². The van der Waals surface area contributed by atoms with Gasteiger partial charge in [-0.25, -0.2) is 4.39 Å². The molecule has 1 N–H and O–H groups in total. The van der Waals surface area contributed by atoms with Gasteiger partial charge in [-0.3, -0.25) is 4.79 Å². The summed E-state index contributed by atoms with van der Waals surface area (Å²) in [5, 5.41) is 3.29. The Morgan fingerprint density at radius 3 is 2.82 bits per heavy atom. The monoisotopic (exact) mass is 326 g/mol. The molecule has 3 atom stereocenters. The van der Waals surface area contributed by atoms with Crippen LogP contribution in [0.2, 0.25) is 0 Å². The van der Waals surface area contributed by atoms with Crippen molar-refractivity contribution >= 4 is 18.3 Å². The topological polar surface area (TPSA) is 32.3 Å². The standard InChI is InChI=1S/C17H23FN2O.ClH/c1-12-9-16(14-6-2-3-7-15(14)18)20(11-12)17(21)13-5-4-8-19-10-13;/h2-3,6-7,12-13,16,19H,4-5,8-11H2,1H3;1H. The molecule has 0 saturated carbocycles. The van der Waals surface area contributed by atoms with Gasteiger partial charge in [-0.2, -0.15) is 0 Å². The van der Waals surface area contributed by atoms with E-state index in [9.17, 15) is 9.18 Å². The summed E-state index contributed by atoms with van der Waals surface area (Å²) < 4.78 is 14.1. The quantitative estimate of drug-likeness (QED) is 0.905. The number of hydrogen-bond donors (Lipinski definition) is 1. The van der Waals surface area contributed by atoms with Crippen LogP contribution in [0.1, 0.15) is 37.8 Å². The number of amides is 1. The number of halogens is 2. The second-order valence-corrected chi connectivity index (χ2v) is 6.41. The summed E-state index contributed by atoms with van der Waals surface area (Å²) in [7, 11) is 0. The van der Waals surface area contributed by atoms with Crippen LogP contribution in [0.15, 0.2) is 24.3 Å². The molecule has 0 aromatic heterocycles. The largest absolute Gasteiger partial charge is 0.335 e. The second kappa shape index (κ2) is 7.42. The molecule has 2 saturated heterocycles. The van der Waals surface area contributed by atoms with Gasteiger partial charge in [0.1, 0.15) is 5.82 Å². The van der Waals surface area contributed by atoms with Gasteiger partial charge in [-0.05, 0) is 37.8 Å². The summed E-state index contributed by atoms with van der Waals surface area (Å²) in [5.74, 6) is 0.476. The molecule has 2 heterocycles. The fourth-order valence-corrected chi connectivity index (χ4v) is 3.63. The Morgan fingerprint density at radius 1 is 1.36 bits per heavy atom. The second-order valence-electron chi connectivity index (χ2n) is 6.41. The van der Waals surface area contributed by atoms with Gasteiger partial charge in [-0.1, -0.05) is 25.1 Å². The fraction of sp³-hybridized carbons (Fsp3) is 0.588. The maximum Gasteiger partial charge on any atom is 0.227 e. The van der Waals surface area contributed by atoms with E-state index in [2.05, 4.69) is 12.2 Å². The third-order valence-electron chi connectivity index (χ3n) is 4.70. The minimum atomic E-state index is -0.198. The first-order chi connectivity index (χ1) is 10.2. The van der Waals surface area contributed by atoms with E-state index in [0.717, 1.165) is 38.9 Å². The predicted octanol–water partition coefficient (Wildman–Crippen LogP) is 3.16. The zero-order valence-corrected chi connectivity index (χ0v) is 13.7. The molecule has 1 aromatic carbocycles. The van der Waals surface area contributed by atoms with Crippen molar-refractivity contribution in [2.45, 2.75) is 32.2 Å². The lowest BCUT2D eigenvalue weighted by Crippen LogP contribution is -2.43.